The molecule has 3 rings (SSSR count). The van der Waals surface area contributed by atoms with Crippen molar-refractivity contribution in [3.05, 3.63) is 83.7 Å². The molecule has 6 heteroatoms. The summed E-state index contributed by atoms with van der Waals surface area (Å²) in [5, 5.41) is 20.9. The van der Waals surface area contributed by atoms with E-state index in [1.54, 1.807) is 0 Å². The summed E-state index contributed by atoms with van der Waals surface area (Å²) in [4.78, 5) is 4.75. The van der Waals surface area contributed by atoms with E-state index in [4.69, 9.17) is 4.99 Å². The first kappa shape index (κ1) is 20.6. The largest absolute Gasteiger partial charge is 0.396 e. The Kier molecular flexibility index (Phi) is 7.41. The first-order chi connectivity index (χ1) is 14.2. The van der Waals surface area contributed by atoms with Gasteiger partial charge >= 0.3 is 0 Å². The highest BCUT2D eigenvalue weighted by Gasteiger charge is 2.11. The lowest BCUT2D eigenvalue weighted by molar-refractivity contribution is 0.265. The number of guanidine groups is 1. The first-order valence-corrected chi connectivity index (χ1v) is 9.99. The minimum absolute atomic E-state index is 0.0133. The molecule has 0 bridgehead atoms. The molecule has 0 saturated heterocycles. The lowest BCUT2D eigenvalue weighted by Gasteiger charge is -2.18. The Balaban J connectivity index is 1.71. The number of benzene rings is 2. The molecule has 3 N–H and O–H groups in total. The number of aliphatic hydroxyl groups excluding tert-OH is 1. The maximum absolute atomic E-state index is 9.78. The van der Waals surface area contributed by atoms with E-state index in [1.807, 2.05) is 73.3 Å². The lowest BCUT2D eigenvalue weighted by Crippen LogP contribution is -2.40. The smallest absolute Gasteiger partial charge is 0.191 e. The third-order valence-corrected chi connectivity index (χ3v) is 4.72. The molecule has 0 saturated carbocycles. The van der Waals surface area contributed by atoms with Crippen molar-refractivity contribution in [2.24, 2.45) is 4.99 Å². The summed E-state index contributed by atoms with van der Waals surface area (Å²) in [6, 6.07) is 20.2. The molecule has 0 amide bonds. The number of hydrogen-bond acceptors (Lipinski definition) is 3. The fourth-order valence-electron chi connectivity index (χ4n) is 3.16. The van der Waals surface area contributed by atoms with Crippen molar-refractivity contribution in [2.75, 3.05) is 19.7 Å². The van der Waals surface area contributed by atoms with Gasteiger partial charge in [-0.15, -0.1) is 0 Å². The predicted octanol–water partition coefficient (Wildman–Crippen LogP) is 3.01. The zero-order chi connectivity index (χ0) is 20.5. The monoisotopic (exact) mass is 391 g/mol. The fraction of sp³-hybridized carbons (Fsp3) is 0.304. The lowest BCUT2D eigenvalue weighted by atomic mass is 10.0. The second-order valence-corrected chi connectivity index (χ2v) is 6.90. The highest BCUT2D eigenvalue weighted by atomic mass is 16.3. The number of aliphatic hydroxyl groups is 1. The molecule has 152 valence electrons. The molecule has 0 aliphatic heterocycles. The molecule has 0 fully saturated rings. The van der Waals surface area contributed by atoms with Crippen LogP contribution in [0, 0.1) is 6.92 Å². The summed E-state index contributed by atoms with van der Waals surface area (Å²) in [5.74, 6) is 0.743. The maximum atomic E-state index is 9.78. The van der Waals surface area contributed by atoms with E-state index in [1.165, 1.54) is 0 Å². The van der Waals surface area contributed by atoms with E-state index < -0.39 is 0 Å². The number of nitrogens with one attached hydrogen (secondary N) is 2. The van der Waals surface area contributed by atoms with Crippen LogP contribution in [0.25, 0.3) is 5.69 Å². The van der Waals surface area contributed by atoms with Crippen molar-refractivity contribution in [1.29, 1.82) is 0 Å². The van der Waals surface area contributed by atoms with Gasteiger partial charge in [-0.2, -0.15) is 5.10 Å². The zero-order valence-electron chi connectivity index (χ0n) is 17.0. The van der Waals surface area contributed by atoms with Crippen LogP contribution in [0.5, 0.6) is 0 Å². The van der Waals surface area contributed by atoms with Gasteiger partial charge in [-0.05, 0) is 37.1 Å². The molecule has 1 aromatic heterocycles. The van der Waals surface area contributed by atoms with Gasteiger partial charge in [0.2, 0.25) is 0 Å². The topological polar surface area (TPSA) is 74.5 Å². The van der Waals surface area contributed by atoms with Crippen LogP contribution in [0.3, 0.4) is 0 Å². The number of hydrogen-bond donors (Lipinski definition) is 3. The molecule has 0 spiro atoms. The van der Waals surface area contributed by atoms with E-state index in [2.05, 4.69) is 27.9 Å². The van der Waals surface area contributed by atoms with Crippen LogP contribution >= 0.6 is 0 Å². The summed E-state index contributed by atoms with van der Waals surface area (Å²) >= 11 is 0. The van der Waals surface area contributed by atoms with Crippen LogP contribution in [-0.2, 0) is 6.54 Å². The fourth-order valence-corrected chi connectivity index (χ4v) is 3.16. The average molecular weight is 392 g/mol. The Morgan fingerprint density at radius 1 is 1.07 bits per heavy atom. The zero-order valence-corrected chi connectivity index (χ0v) is 17.0. The molecular weight excluding hydrogens is 362 g/mol. The number of aromatic nitrogens is 2. The number of aliphatic imine (C=N–C) groups is 1. The molecular formula is C23H29N5O. The molecule has 1 atom stereocenters. The van der Waals surface area contributed by atoms with Crippen molar-refractivity contribution in [1.82, 2.24) is 20.4 Å². The molecule has 1 unspecified atom stereocenters. The van der Waals surface area contributed by atoms with Gasteiger partial charge in [-0.1, -0.05) is 48.5 Å². The third-order valence-electron chi connectivity index (χ3n) is 4.72. The van der Waals surface area contributed by atoms with Gasteiger partial charge in [-0.25, -0.2) is 9.67 Å². The van der Waals surface area contributed by atoms with E-state index in [0.717, 1.165) is 35.0 Å². The van der Waals surface area contributed by atoms with Crippen molar-refractivity contribution >= 4 is 5.96 Å². The Labute approximate surface area is 172 Å². The van der Waals surface area contributed by atoms with Gasteiger partial charge in [0.25, 0.3) is 0 Å². The van der Waals surface area contributed by atoms with Crippen molar-refractivity contribution < 1.29 is 5.11 Å². The van der Waals surface area contributed by atoms with E-state index in [-0.39, 0.29) is 12.5 Å². The Morgan fingerprint density at radius 2 is 1.83 bits per heavy atom. The van der Waals surface area contributed by atoms with Gasteiger partial charge in [0.15, 0.2) is 5.96 Å². The highest BCUT2D eigenvalue weighted by Crippen LogP contribution is 2.16. The summed E-state index contributed by atoms with van der Waals surface area (Å²) < 4.78 is 1.89. The molecule has 2 aromatic carbocycles. The van der Waals surface area contributed by atoms with Gasteiger partial charge in [0, 0.05) is 25.2 Å². The molecule has 0 radical (unpaired) electrons. The van der Waals surface area contributed by atoms with Crippen LogP contribution < -0.4 is 10.6 Å². The van der Waals surface area contributed by atoms with E-state index in [9.17, 15) is 5.11 Å². The third kappa shape index (κ3) is 5.68. The summed E-state index contributed by atoms with van der Waals surface area (Å²) in [6.45, 7) is 6.00. The Bertz CT molecular complexity index is 920. The second kappa shape index (κ2) is 10.4. The normalized spacial score (nSPS) is 12.6. The minimum Gasteiger partial charge on any atom is -0.396 e. The Morgan fingerprint density at radius 3 is 2.52 bits per heavy atom. The molecule has 0 aliphatic rings. The van der Waals surface area contributed by atoms with Crippen LogP contribution in [0.4, 0.5) is 0 Å². The molecule has 1 heterocycles. The standard InChI is InChI=1S/C23H29N5O/c1-3-24-23(26-16-21(17-29)19-9-5-4-6-10-19)25-15-20-11-7-8-12-22(20)28-14-13-18(2)27-28/h4-14,21,29H,3,15-17H2,1-2H3,(H2,24,25,26). The molecule has 0 aliphatic carbocycles. The number of para-hydroxylation sites is 1. The molecule has 6 nitrogen and oxygen atoms in total. The highest BCUT2D eigenvalue weighted by molar-refractivity contribution is 5.79. The SMILES string of the molecule is CCNC(=NCc1ccccc1-n1ccc(C)n1)NCC(CO)c1ccccc1. The van der Waals surface area contributed by atoms with Crippen molar-refractivity contribution in [2.45, 2.75) is 26.3 Å². The van der Waals surface area contributed by atoms with Crippen molar-refractivity contribution in [3.8, 4) is 5.69 Å². The Hall–Kier alpha value is -3.12. The molecule has 3 aromatic rings. The van der Waals surface area contributed by atoms with Crippen LogP contribution in [0.2, 0.25) is 0 Å². The van der Waals surface area contributed by atoms with Gasteiger partial charge in [0.05, 0.1) is 24.5 Å². The van der Waals surface area contributed by atoms with E-state index in [0.29, 0.717) is 13.1 Å². The summed E-state index contributed by atoms with van der Waals surface area (Å²) in [7, 11) is 0. The number of rotatable bonds is 8. The predicted molar refractivity (Wildman–Crippen MR) is 117 cm³/mol. The summed E-state index contributed by atoms with van der Waals surface area (Å²) in [6.07, 6.45) is 1.97. The summed E-state index contributed by atoms with van der Waals surface area (Å²) in [5.41, 5.74) is 4.21. The van der Waals surface area contributed by atoms with Crippen molar-refractivity contribution in [3.63, 3.8) is 0 Å². The van der Waals surface area contributed by atoms with Gasteiger partial charge in [0.1, 0.15) is 0 Å². The quantitative estimate of drug-likeness (QED) is 0.408. The second-order valence-electron chi connectivity index (χ2n) is 6.90. The average Bonchev–Trinajstić information content (AvgIpc) is 3.19. The van der Waals surface area contributed by atoms with Crippen LogP contribution in [0.15, 0.2) is 71.9 Å². The molecule has 29 heavy (non-hydrogen) atoms. The van der Waals surface area contributed by atoms with Gasteiger partial charge in [-0.3, -0.25) is 0 Å². The van der Waals surface area contributed by atoms with Crippen LogP contribution in [-0.4, -0.2) is 40.5 Å². The first-order valence-electron chi connectivity index (χ1n) is 9.99. The number of nitrogens with zero attached hydrogens (tertiary/aromatic N) is 3. The van der Waals surface area contributed by atoms with E-state index >= 15 is 0 Å². The van der Waals surface area contributed by atoms with Crippen LogP contribution in [0.1, 0.15) is 29.7 Å². The van der Waals surface area contributed by atoms with Gasteiger partial charge < -0.3 is 15.7 Å². The maximum Gasteiger partial charge on any atom is 0.191 e. The number of aryl methyl sites for hydroxylation is 1. The minimum atomic E-state index is 0.0133.